The molecule has 0 fully saturated rings. The molecule has 1 aromatic heterocycles. The molecule has 0 saturated heterocycles. The molecule has 0 amide bonds. The summed E-state index contributed by atoms with van der Waals surface area (Å²) >= 11 is 1.57. The molecule has 4 heteroatoms. The van der Waals surface area contributed by atoms with Crippen LogP contribution in [-0.2, 0) is 6.54 Å². The predicted octanol–water partition coefficient (Wildman–Crippen LogP) is 4.01. The summed E-state index contributed by atoms with van der Waals surface area (Å²) in [5.74, 6) is 0. The minimum atomic E-state index is 0.690. The molecule has 0 atom stereocenters. The molecule has 102 valence electrons. The van der Waals surface area contributed by atoms with Crippen LogP contribution in [0.4, 0.5) is 0 Å². The van der Waals surface area contributed by atoms with Gasteiger partial charge in [-0.3, -0.25) is 0 Å². The Kier molecular flexibility index (Phi) is 3.76. The Bertz CT molecular complexity index is 703. The van der Waals surface area contributed by atoms with E-state index in [2.05, 4.69) is 35.4 Å². The van der Waals surface area contributed by atoms with E-state index in [-0.39, 0.29) is 0 Å². The molecule has 0 aliphatic heterocycles. The highest BCUT2D eigenvalue weighted by Crippen LogP contribution is 2.32. The minimum absolute atomic E-state index is 0.690. The maximum atomic E-state index is 5.74. The van der Waals surface area contributed by atoms with E-state index in [0.717, 1.165) is 17.6 Å². The molecule has 0 aliphatic rings. The Morgan fingerprint density at radius 1 is 1.20 bits per heavy atom. The van der Waals surface area contributed by atoms with E-state index in [9.17, 15) is 0 Å². The first-order valence-electron chi connectivity index (χ1n) is 6.54. The summed E-state index contributed by atoms with van der Waals surface area (Å²) in [6, 6.07) is 14.3. The van der Waals surface area contributed by atoms with Gasteiger partial charge in [-0.05, 0) is 55.1 Å². The van der Waals surface area contributed by atoms with Crippen molar-refractivity contribution in [3.05, 3.63) is 53.6 Å². The lowest BCUT2D eigenvalue weighted by molar-refractivity contribution is 0.489. The fraction of sp³-hybridized carbons (Fsp3) is 0.188. The normalized spacial score (nSPS) is 11.1. The van der Waals surface area contributed by atoms with Gasteiger partial charge in [0, 0.05) is 11.4 Å². The van der Waals surface area contributed by atoms with Crippen molar-refractivity contribution in [1.82, 2.24) is 10.3 Å². The first kappa shape index (κ1) is 13.2. The summed E-state index contributed by atoms with van der Waals surface area (Å²) in [6.45, 7) is 3.00. The summed E-state index contributed by atoms with van der Waals surface area (Å²) in [5.41, 5.74) is 4.26. The lowest BCUT2D eigenvalue weighted by Gasteiger charge is -2.06. The van der Waals surface area contributed by atoms with Crippen LogP contribution in [0.5, 0.6) is 0 Å². The number of oxazole rings is 1. The molecule has 0 saturated carbocycles. The number of nitrogens with zero attached hydrogens (tertiary/aromatic N) is 1. The van der Waals surface area contributed by atoms with Gasteiger partial charge in [0.25, 0.3) is 5.22 Å². The van der Waals surface area contributed by atoms with Crippen LogP contribution >= 0.6 is 11.8 Å². The third-order valence-corrected chi connectivity index (χ3v) is 4.12. The van der Waals surface area contributed by atoms with Crippen molar-refractivity contribution in [3.63, 3.8) is 0 Å². The summed E-state index contributed by atoms with van der Waals surface area (Å²) in [5, 5.41) is 3.85. The number of para-hydroxylation sites is 2. The van der Waals surface area contributed by atoms with Crippen LogP contribution in [0.25, 0.3) is 11.1 Å². The molecule has 0 bridgehead atoms. The summed E-state index contributed by atoms with van der Waals surface area (Å²) in [4.78, 5) is 5.67. The van der Waals surface area contributed by atoms with Crippen molar-refractivity contribution in [2.75, 3.05) is 7.05 Å². The molecule has 20 heavy (non-hydrogen) atoms. The molecule has 0 unspecified atom stereocenters. The van der Waals surface area contributed by atoms with Crippen LogP contribution in [0, 0.1) is 6.92 Å². The monoisotopic (exact) mass is 284 g/mol. The Labute approximate surface area is 122 Å². The quantitative estimate of drug-likeness (QED) is 0.785. The molecule has 3 aromatic rings. The van der Waals surface area contributed by atoms with Crippen molar-refractivity contribution < 1.29 is 4.42 Å². The van der Waals surface area contributed by atoms with E-state index in [1.165, 1.54) is 16.0 Å². The molecule has 3 nitrogen and oxygen atoms in total. The molecule has 0 spiro atoms. The fourth-order valence-electron chi connectivity index (χ4n) is 2.13. The summed E-state index contributed by atoms with van der Waals surface area (Å²) < 4.78 is 5.74. The Balaban J connectivity index is 1.86. The maximum absolute atomic E-state index is 5.74. The second-order valence-electron chi connectivity index (χ2n) is 4.68. The summed E-state index contributed by atoms with van der Waals surface area (Å²) in [6.07, 6.45) is 0. The van der Waals surface area contributed by atoms with Crippen LogP contribution in [0.2, 0.25) is 0 Å². The zero-order valence-electron chi connectivity index (χ0n) is 11.5. The number of benzene rings is 2. The highest BCUT2D eigenvalue weighted by Gasteiger charge is 2.09. The second-order valence-corrected chi connectivity index (χ2v) is 5.67. The van der Waals surface area contributed by atoms with Crippen LogP contribution < -0.4 is 5.32 Å². The van der Waals surface area contributed by atoms with Crippen molar-refractivity contribution in [1.29, 1.82) is 0 Å². The van der Waals surface area contributed by atoms with Gasteiger partial charge < -0.3 is 9.73 Å². The molecule has 3 rings (SSSR count). The number of hydrogen-bond acceptors (Lipinski definition) is 4. The maximum Gasteiger partial charge on any atom is 0.261 e. The molecular formula is C16H16N2OS. The Morgan fingerprint density at radius 2 is 2.05 bits per heavy atom. The highest BCUT2D eigenvalue weighted by molar-refractivity contribution is 7.99. The van der Waals surface area contributed by atoms with Gasteiger partial charge in [0.2, 0.25) is 0 Å². The lowest BCUT2D eigenvalue weighted by atomic mass is 10.1. The van der Waals surface area contributed by atoms with Gasteiger partial charge >= 0.3 is 0 Å². The van der Waals surface area contributed by atoms with Crippen molar-refractivity contribution in [3.8, 4) is 0 Å². The van der Waals surface area contributed by atoms with E-state index in [1.807, 2.05) is 31.3 Å². The molecule has 2 aromatic carbocycles. The molecule has 0 aliphatic carbocycles. The third kappa shape index (κ3) is 2.71. The predicted molar refractivity (Wildman–Crippen MR) is 82.1 cm³/mol. The smallest absolute Gasteiger partial charge is 0.261 e. The van der Waals surface area contributed by atoms with Gasteiger partial charge in [0.05, 0.1) is 0 Å². The van der Waals surface area contributed by atoms with Gasteiger partial charge in [-0.25, -0.2) is 4.98 Å². The van der Waals surface area contributed by atoms with Crippen LogP contribution in [0.15, 0.2) is 57.0 Å². The standard InChI is InChI=1S/C16H16N2OS/c1-11-9-12(10-17-2)7-8-15(11)20-16-18-13-5-3-4-6-14(13)19-16/h3-9,17H,10H2,1-2H3. The van der Waals surface area contributed by atoms with Crippen LogP contribution in [0.3, 0.4) is 0 Å². The van der Waals surface area contributed by atoms with E-state index in [0.29, 0.717) is 5.22 Å². The van der Waals surface area contributed by atoms with E-state index in [4.69, 9.17) is 4.42 Å². The second kappa shape index (κ2) is 5.69. The van der Waals surface area contributed by atoms with E-state index in [1.54, 1.807) is 11.8 Å². The zero-order chi connectivity index (χ0) is 13.9. The molecule has 0 radical (unpaired) electrons. The third-order valence-electron chi connectivity index (χ3n) is 3.09. The van der Waals surface area contributed by atoms with Crippen LogP contribution in [-0.4, -0.2) is 12.0 Å². The first-order valence-corrected chi connectivity index (χ1v) is 7.35. The highest BCUT2D eigenvalue weighted by atomic mass is 32.2. The number of hydrogen-bond donors (Lipinski definition) is 1. The number of nitrogens with one attached hydrogen (secondary N) is 1. The van der Waals surface area contributed by atoms with Gasteiger partial charge in [-0.1, -0.05) is 24.3 Å². The van der Waals surface area contributed by atoms with Crippen molar-refractivity contribution in [2.24, 2.45) is 0 Å². The molecular weight excluding hydrogens is 268 g/mol. The number of aromatic nitrogens is 1. The van der Waals surface area contributed by atoms with Gasteiger partial charge in [0.1, 0.15) is 5.52 Å². The summed E-state index contributed by atoms with van der Waals surface area (Å²) in [7, 11) is 1.95. The van der Waals surface area contributed by atoms with Gasteiger partial charge in [-0.15, -0.1) is 0 Å². The Hall–Kier alpha value is -1.78. The van der Waals surface area contributed by atoms with E-state index < -0.39 is 0 Å². The van der Waals surface area contributed by atoms with Gasteiger partial charge in [-0.2, -0.15) is 0 Å². The van der Waals surface area contributed by atoms with Crippen molar-refractivity contribution in [2.45, 2.75) is 23.6 Å². The number of rotatable bonds is 4. The average molecular weight is 284 g/mol. The van der Waals surface area contributed by atoms with E-state index >= 15 is 0 Å². The SMILES string of the molecule is CNCc1ccc(Sc2nc3ccccc3o2)c(C)c1. The van der Waals surface area contributed by atoms with Gasteiger partial charge in [0.15, 0.2) is 5.58 Å². The molecule has 1 heterocycles. The minimum Gasteiger partial charge on any atom is -0.431 e. The number of fused-ring (bicyclic) bond motifs is 1. The largest absolute Gasteiger partial charge is 0.431 e. The van der Waals surface area contributed by atoms with Crippen LogP contribution in [0.1, 0.15) is 11.1 Å². The first-order chi connectivity index (χ1) is 9.76. The Morgan fingerprint density at radius 3 is 2.80 bits per heavy atom. The zero-order valence-corrected chi connectivity index (χ0v) is 12.3. The topological polar surface area (TPSA) is 38.1 Å². The number of aryl methyl sites for hydroxylation is 1. The average Bonchev–Trinajstić information content (AvgIpc) is 2.84. The molecule has 1 N–H and O–H groups in total. The fourth-order valence-corrected chi connectivity index (χ4v) is 2.95. The lowest BCUT2D eigenvalue weighted by Crippen LogP contribution is -2.05. The van der Waals surface area contributed by atoms with Crippen molar-refractivity contribution >= 4 is 22.9 Å².